The van der Waals surface area contributed by atoms with E-state index in [1.807, 2.05) is 0 Å². The van der Waals surface area contributed by atoms with Crippen LogP contribution in [0, 0.1) is 10.1 Å². The molecule has 134 valence electrons. The highest BCUT2D eigenvalue weighted by Crippen LogP contribution is 2.23. The number of non-ortho nitro benzene ring substituents is 1. The summed E-state index contributed by atoms with van der Waals surface area (Å²) in [5.41, 5.74) is 1.64. The molecule has 0 unspecified atom stereocenters. The van der Waals surface area contributed by atoms with Crippen molar-refractivity contribution in [2.75, 3.05) is 18.1 Å². The van der Waals surface area contributed by atoms with E-state index in [4.69, 9.17) is 0 Å². The molecule has 0 atom stereocenters. The highest BCUT2D eigenvalue weighted by molar-refractivity contribution is 7.90. The van der Waals surface area contributed by atoms with Gasteiger partial charge in [-0.15, -0.1) is 0 Å². The summed E-state index contributed by atoms with van der Waals surface area (Å²) in [5, 5.41) is 14.5. The number of anilines is 1. The zero-order valence-corrected chi connectivity index (χ0v) is 14.7. The second-order valence-electron chi connectivity index (χ2n) is 5.77. The van der Waals surface area contributed by atoms with Crippen molar-refractivity contribution in [3.8, 4) is 0 Å². The van der Waals surface area contributed by atoms with Crippen molar-refractivity contribution in [3.63, 3.8) is 0 Å². The van der Waals surface area contributed by atoms with E-state index in [9.17, 15) is 18.5 Å². The quantitative estimate of drug-likeness (QED) is 0.522. The van der Waals surface area contributed by atoms with Gasteiger partial charge < -0.3 is 5.32 Å². The van der Waals surface area contributed by atoms with Gasteiger partial charge in [-0.3, -0.25) is 10.1 Å². The smallest absolute Gasteiger partial charge is 0.269 e. The van der Waals surface area contributed by atoms with Crippen LogP contribution in [0.25, 0.3) is 10.9 Å². The Morgan fingerprint density at radius 3 is 2.50 bits per heavy atom. The van der Waals surface area contributed by atoms with Crippen molar-refractivity contribution in [3.05, 3.63) is 64.5 Å². The zero-order valence-electron chi connectivity index (χ0n) is 13.9. The number of sulfone groups is 1. The molecule has 0 saturated heterocycles. The van der Waals surface area contributed by atoms with Gasteiger partial charge in [-0.1, -0.05) is 12.1 Å². The molecule has 0 bridgehead atoms. The molecule has 0 aliphatic carbocycles. The Bertz CT molecular complexity index is 1070. The lowest BCUT2D eigenvalue weighted by Gasteiger charge is -2.09. The van der Waals surface area contributed by atoms with E-state index in [0.29, 0.717) is 29.7 Å². The van der Waals surface area contributed by atoms with Crippen molar-refractivity contribution in [1.82, 2.24) is 9.97 Å². The molecule has 8 nitrogen and oxygen atoms in total. The van der Waals surface area contributed by atoms with Crippen LogP contribution in [0.15, 0.2) is 53.7 Å². The Balaban J connectivity index is 1.77. The van der Waals surface area contributed by atoms with Gasteiger partial charge >= 0.3 is 0 Å². The molecule has 0 spiro atoms. The second-order valence-corrected chi connectivity index (χ2v) is 7.79. The first-order chi connectivity index (χ1) is 12.3. The number of hydrogen-bond acceptors (Lipinski definition) is 7. The molecule has 3 rings (SSSR count). The van der Waals surface area contributed by atoms with Crippen LogP contribution in [-0.4, -0.2) is 36.1 Å². The van der Waals surface area contributed by atoms with E-state index in [0.717, 1.165) is 11.8 Å². The molecule has 1 N–H and O–H groups in total. The molecule has 26 heavy (non-hydrogen) atoms. The maximum absolute atomic E-state index is 11.8. The summed E-state index contributed by atoms with van der Waals surface area (Å²) in [5.74, 6) is 0.544. The molecule has 9 heteroatoms. The predicted molar refractivity (Wildman–Crippen MR) is 97.9 cm³/mol. The van der Waals surface area contributed by atoms with Crippen LogP contribution < -0.4 is 5.32 Å². The molecule has 0 saturated carbocycles. The van der Waals surface area contributed by atoms with Crippen molar-refractivity contribution >= 4 is 32.2 Å². The molecule has 1 aromatic heterocycles. The number of nitrogens with one attached hydrogen (secondary N) is 1. The first kappa shape index (κ1) is 17.7. The maximum atomic E-state index is 11.8. The number of benzene rings is 2. The number of aromatic nitrogens is 2. The van der Waals surface area contributed by atoms with Gasteiger partial charge in [0.05, 0.1) is 15.3 Å². The normalized spacial score (nSPS) is 11.4. The van der Waals surface area contributed by atoms with Gasteiger partial charge in [0, 0.05) is 30.3 Å². The lowest BCUT2D eigenvalue weighted by atomic mass is 10.1. The average Bonchev–Trinajstić information content (AvgIpc) is 2.61. The van der Waals surface area contributed by atoms with Gasteiger partial charge in [-0.05, 0) is 30.2 Å². The summed E-state index contributed by atoms with van der Waals surface area (Å²) in [6.07, 6.45) is 3.20. The Morgan fingerprint density at radius 2 is 1.85 bits per heavy atom. The molecular formula is C17H16N4O4S. The third-order valence-corrected chi connectivity index (χ3v) is 5.00. The summed E-state index contributed by atoms with van der Waals surface area (Å²) >= 11 is 0. The summed E-state index contributed by atoms with van der Waals surface area (Å²) in [6.45, 7) is 0.535. The van der Waals surface area contributed by atoms with Crippen molar-refractivity contribution in [2.24, 2.45) is 0 Å². The van der Waals surface area contributed by atoms with E-state index >= 15 is 0 Å². The van der Waals surface area contributed by atoms with Crippen LogP contribution in [0.5, 0.6) is 0 Å². The number of rotatable bonds is 6. The van der Waals surface area contributed by atoms with Gasteiger partial charge in [-0.25, -0.2) is 18.4 Å². The standard InChI is InChI=1S/C17H16N4O4S/c1-26(24,25)14-6-7-16-15(10-14)17(20-11-19-16)18-9-8-12-2-4-13(5-3-12)21(22)23/h2-7,10-11H,8-9H2,1H3,(H,18,19,20). The Kier molecular flexibility index (Phi) is 4.81. The van der Waals surface area contributed by atoms with Crippen LogP contribution in [0.3, 0.4) is 0 Å². The minimum Gasteiger partial charge on any atom is -0.369 e. The number of hydrogen-bond donors (Lipinski definition) is 1. The van der Waals surface area contributed by atoms with Crippen LogP contribution in [-0.2, 0) is 16.3 Å². The highest BCUT2D eigenvalue weighted by atomic mass is 32.2. The van der Waals surface area contributed by atoms with E-state index in [-0.39, 0.29) is 10.6 Å². The van der Waals surface area contributed by atoms with E-state index in [1.165, 1.54) is 24.5 Å². The fraction of sp³-hybridized carbons (Fsp3) is 0.176. The molecule has 0 fully saturated rings. The van der Waals surface area contributed by atoms with Crippen LogP contribution >= 0.6 is 0 Å². The number of nitrogens with zero attached hydrogens (tertiary/aromatic N) is 3. The molecule has 0 amide bonds. The van der Waals surface area contributed by atoms with E-state index in [1.54, 1.807) is 24.3 Å². The third-order valence-electron chi connectivity index (χ3n) is 3.89. The fourth-order valence-corrected chi connectivity index (χ4v) is 3.16. The molecule has 0 radical (unpaired) electrons. The third kappa shape index (κ3) is 3.94. The maximum Gasteiger partial charge on any atom is 0.269 e. The van der Waals surface area contributed by atoms with Gasteiger partial charge in [0.1, 0.15) is 12.1 Å². The summed E-state index contributed by atoms with van der Waals surface area (Å²) in [7, 11) is -3.32. The SMILES string of the molecule is CS(=O)(=O)c1ccc2ncnc(NCCc3ccc([N+](=O)[O-])cc3)c2c1. The number of nitro groups is 1. The Labute approximate surface area is 150 Å². The average molecular weight is 372 g/mol. The van der Waals surface area contributed by atoms with Crippen molar-refractivity contribution < 1.29 is 13.3 Å². The lowest BCUT2D eigenvalue weighted by molar-refractivity contribution is -0.384. The molecule has 3 aromatic rings. The van der Waals surface area contributed by atoms with E-state index in [2.05, 4.69) is 15.3 Å². The fourth-order valence-electron chi connectivity index (χ4n) is 2.52. The molecule has 1 heterocycles. The number of fused-ring (bicyclic) bond motifs is 1. The van der Waals surface area contributed by atoms with Crippen LogP contribution in [0.1, 0.15) is 5.56 Å². The predicted octanol–water partition coefficient (Wildman–Crippen LogP) is 2.60. The van der Waals surface area contributed by atoms with Gasteiger partial charge in [0.25, 0.3) is 5.69 Å². The Morgan fingerprint density at radius 1 is 1.12 bits per heavy atom. The molecule has 2 aromatic carbocycles. The minimum atomic E-state index is -3.32. The summed E-state index contributed by atoms with van der Waals surface area (Å²) < 4.78 is 23.5. The highest BCUT2D eigenvalue weighted by Gasteiger charge is 2.11. The zero-order chi connectivity index (χ0) is 18.7. The van der Waals surface area contributed by atoms with Gasteiger partial charge in [0.15, 0.2) is 9.84 Å². The first-order valence-corrected chi connectivity index (χ1v) is 9.66. The van der Waals surface area contributed by atoms with Gasteiger partial charge in [0.2, 0.25) is 0 Å². The minimum absolute atomic E-state index is 0.0526. The van der Waals surface area contributed by atoms with Crippen molar-refractivity contribution in [1.29, 1.82) is 0 Å². The molecular weight excluding hydrogens is 356 g/mol. The second kappa shape index (κ2) is 7.04. The lowest BCUT2D eigenvalue weighted by Crippen LogP contribution is -2.07. The summed E-state index contributed by atoms with van der Waals surface area (Å²) in [4.78, 5) is 18.8. The van der Waals surface area contributed by atoms with Crippen LogP contribution in [0.4, 0.5) is 11.5 Å². The Hall–Kier alpha value is -3.07. The molecule has 0 aliphatic heterocycles. The van der Waals surface area contributed by atoms with E-state index < -0.39 is 14.8 Å². The van der Waals surface area contributed by atoms with Crippen molar-refractivity contribution in [2.45, 2.75) is 11.3 Å². The first-order valence-electron chi connectivity index (χ1n) is 7.76. The largest absolute Gasteiger partial charge is 0.369 e. The monoisotopic (exact) mass is 372 g/mol. The topological polar surface area (TPSA) is 115 Å². The van der Waals surface area contributed by atoms with Gasteiger partial charge in [-0.2, -0.15) is 0 Å². The summed E-state index contributed by atoms with van der Waals surface area (Å²) in [6, 6.07) is 11.1. The number of nitro benzene ring substituents is 1. The van der Waals surface area contributed by atoms with Crippen LogP contribution in [0.2, 0.25) is 0 Å². The molecule has 0 aliphatic rings.